The SMILES string of the molecule is COc1cc(CN)ccc1NS(=O)(=O)CCC(C)C. The quantitative estimate of drug-likeness (QED) is 0.802. The summed E-state index contributed by atoms with van der Waals surface area (Å²) in [6, 6.07) is 5.19. The van der Waals surface area contributed by atoms with Crippen molar-refractivity contribution in [2.24, 2.45) is 11.7 Å². The van der Waals surface area contributed by atoms with E-state index in [1.165, 1.54) is 7.11 Å². The minimum Gasteiger partial charge on any atom is -0.495 e. The van der Waals surface area contributed by atoms with E-state index in [1.54, 1.807) is 18.2 Å². The summed E-state index contributed by atoms with van der Waals surface area (Å²) in [5.41, 5.74) is 6.88. The molecule has 0 aromatic heterocycles. The molecule has 0 bridgehead atoms. The first-order valence-electron chi connectivity index (χ1n) is 6.25. The number of nitrogens with one attached hydrogen (secondary N) is 1. The van der Waals surface area contributed by atoms with Gasteiger partial charge in [0, 0.05) is 6.54 Å². The van der Waals surface area contributed by atoms with Gasteiger partial charge in [0.25, 0.3) is 0 Å². The zero-order valence-electron chi connectivity index (χ0n) is 11.6. The van der Waals surface area contributed by atoms with Crippen molar-refractivity contribution < 1.29 is 13.2 Å². The number of rotatable bonds is 7. The summed E-state index contributed by atoms with van der Waals surface area (Å²) in [7, 11) is -1.84. The number of sulfonamides is 1. The second kappa shape index (κ2) is 6.77. The van der Waals surface area contributed by atoms with Crippen LogP contribution in [0.4, 0.5) is 5.69 Å². The Morgan fingerprint density at radius 3 is 2.58 bits per heavy atom. The molecule has 3 N–H and O–H groups in total. The summed E-state index contributed by atoms with van der Waals surface area (Å²) in [6.07, 6.45) is 0.624. The molecule has 0 spiro atoms. The zero-order chi connectivity index (χ0) is 14.5. The third kappa shape index (κ3) is 5.08. The fourth-order valence-corrected chi connectivity index (χ4v) is 2.94. The molecule has 0 saturated carbocycles. The lowest BCUT2D eigenvalue weighted by atomic mass is 10.2. The molecule has 0 fully saturated rings. The second-order valence-electron chi connectivity index (χ2n) is 4.84. The predicted molar refractivity (Wildman–Crippen MR) is 77.7 cm³/mol. The highest BCUT2D eigenvalue weighted by Crippen LogP contribution is 2.26. The first-order chi connectivity index (χ1) is 8.88. The molecule has 1 aromatic rings. The Labute approximate surface area is 115 Å². The van der Waals surface area contributed by atoms with Crippen LogP contribution >= 0.6 is 0 Å². The molecule has 0 radical (unpaired) electrons. The zero-order valence-corrected chi connectivity index (χ0v) is 12.5. The van der Waals surface area contributed by atoms with E-state index in [9.17, 15) is 8.42 Å². The summed E-state index contributed by atoms with van der Waals surface area (Å²) in [5, 5.41) is 0. The molecular formula is C13H22N2O3S. The van der Waals surface area contributed by atoms with Crippen LogP contribution in [0.5, 0.6) is 5.75 Å². The van der Waals surface area contributed by atoms with Gasteiger partial charge in [-0.05, 0) is 30.0 Å². The van der Waals surface area contributed by atoms with E-state index in [2.05, 4.69) is 4.72 Å². The van der Waals surface area contributed by atoms with E-state index in [-0.39, 0.29) is 5.75 Å². The number of benzene rings is 1. The van der Waals surface area contributed by atoms with E-state index >= 15 is 0 Å². The topological polar surface area (TPSA) is 81.4 Å². The van der Waals surface area contributed by atoms with Gasteiger partial charge in [0.15, 0.2) is 0 Å². The van der Waals surface area contributed by atoms with Crippen molar-refractivity contribution in [3.8, 4) is 5.75 Å². The van der Waals surface area contributed by atoms with Crippen molar-refractivity contribution in [1.82, 2.24) is 0 Å². The van der Waals surface area contributed by atoms with Crippen LogP contribution in [0.15, 0.2) is 18.2 Å². The summed E-state index contributed by atoms with van der Waals surface area (Å²) in [5.74, 6) is 0.932. The van der Waals surface area contributed by atoms with Crippen LogP contribution in [0.1, 0.15) is 25.8 Å². The molecule has 6 heteroatoms. The number of anilines is 1. The minimum atomic E-state index is -3.34. The summed E-state index contributed by atoms with van der Waals surface area (Å²) >= 11 is 0. The Morgan fingerprint density at radius 2 is 2.05 bits per heavy atom. The fourth-order valence-electron chi connectivity index (χ4n) is 1.56. The van der Waals surface area contributed by atoms with Gasteiger partial charge in [0.1, 0.15) is 5.75 Å². The number of hydrogen-bond acceptors (Lipinski definition) is 4. The summed E-state index contributed by atoms with van der Waals surface area (Å²) in [4.78, 5) is 0. The minimum absolute atomic E-state index is 0.104. The maximum atomic E-state index is 11.9. The van der Waals surface area contributed by atoms with Crippen LogP contribution < -0.4 is 15.2 Å². The third-order valence-corrected chi connectivity index (χ3v) is 4.04. The van der Waals surface area contributed by atoms with Crippen LogP contribution in [0.3, 0.4) is 0 Å². The van der Waals surface area contributed by atoms with E-state index in [1.807, 2.05) is 13.8 Å². The highest BCUT2D eigenvalue weighted by atomic mass is 32.2. The first kappa shape index (κ1) is 15.8. The average Bonchev–Trinajstić information content (AvgIpc) is 2.36. The molecule has 0 saturated heterocycles. The van der Waals surface area contributed by atoms with Gasteiger partial charge >= 0.3 is 0 Å². The van der Waals surface area contributed by atoms with Crippen molar-refractivity contribution in [3.63, 3.8) is 0 Å². The molecule has 0 heterocycles. The summed E-state index contributed by atoms with van der Waals surface area (Å²) < 4.78 is 31.6. The standard InChI is InChI=1S/C13H22N2O3S/c1-10(2)6-7-19(16,17)15-12-5-4-11(9-14)8-13(12)18-3/h4-5,8,10,15H,6-7,9,14H2,1-3H3. The largest absolute Gasteiger partial charge is 0.495 e. The molecule has 0 aliphatic heterocycles. The third-order valence-electron chi connectivity index (χ3n) is 2.73. The molecule has 0 aliphatic rings. The Morgan fingerprint density at radius 1 is 1.37 bits per heavy atom. The van der Waals surface area contributed by atoms with Gasteiger partial charge in [-0.25, -0.2) is 8.42 Å². The number of methoxy groups -OCH3 is 1. The van der Waals surface area contributed by atoms with E-state index < -0.39 is 10.0 Å². The van der Waals surface area contributed by atoms with Crippen molar-refractivity contribution >= 4 is 15.7 Å². The predicted octanol–water partition coefficient (Wildman–Crippen LogP) is 1.94. The van der Waals surface area contributed by atoms with Crippen LogP contribution in [0, 0.1) is 5.92 Å². The van der Waals surface area contributed by atoms with Crippen molar-refractivity contribution in [3.05, 3.63) is 23.8 Å². The van der Waals surface area contributed by atoms with Crippen molar-refractivity contribution in [2.75, 3.05) is 17.6 Å². The van der Waals surface area contributed by atoms with E-state index in [4.69, 9.17) is 10.5 Å². The van der Waals surface area contributed by atoms with Gasteiger partial charge in [-0.15, -0.1) is 0 Å². The maximum Gasteiger partial charge on any atom is 0.232 e. The van der Waals surface area contributed by atoms with Gasteiger partial charge < -0.3 is 10.5 Å². The van der Waals surface area contributed by atoms with Gasteiger partial charge in [0.2, 0.25) is 10.0 Å². The van der Waals surface area contributed by atoms with Crippen LogP contribution in [-0.2, 0) is 16.6 Å². The van der Waals surface area contributed by atoms with Crippen LogP contribution in [0.2, 0.25) is 0 Å². The second-order valence-corrected chi connectivity index (χ2v) is 6.68. The molecule has 0 atom stereocenters. The molecule has 1 aromatic carbocycles. The Hall–Kier alpha value is -1.27. The van der Waals surface area contributed by atoms with Crippen LogP contribution in [0.25, 0.3) is 0 Å². The van der Waals surface area contributed by atoms with Crippen molar-refractivity contribution in [2.45, 2.75) is 26.8 Å². The number of nitrogens with two attached hydrogens (primary N) is 1. The first-order valence-corrected chi connectivity index (χ1v) is 7.90. The van der Waals surface area contributed by atoms with E-state index in [0.29, 0.717) is 30.3 Å². The van der Waals surface area contributed by atoms with Gasteiger partial charge in [-0.1, -0.05) is 19.9 Å². The Bertz CT molecular complexity index is 513. The highest BCUT2D eigenvalue weighted by molar-refractivity contribution is 7.92. The van der Waals surface area contributed by atoms with Gasteiger partial charge in [-0.2, -0.15) is 0 Å². The lowest BCUT2D eigenvalue weighted by molar-refractivity contribution is 0.416. The normalized spacial score (nSPS) is 11.6. The highest BCUT2D eigenvalue weighted by Gasteiger charge is 2.14. The van der Waals surface area contributed by atoms with E-state index in [0.717, 1.165) is 5.56 Å². The average molecular weight is 286 g/mol. The summed E-state index contributed by atoms with van der Waals surface area (Å²) in [6.45, 7) is 4.37. The fraction of sp³-hybridized carbons (Fsp3) is 0.538. The lowest BCUT2D eigenvalue weighted by Gasteiger charge is -2.13. The smallest absolute Gasteiger partial charge is 0.232 e. The molecule has 19 heavy (non-hydrogen) atoms. The monoisotopic (exact) mass is 286 g/mol. The maximum absolute atomic E-state index is 11.9. The molecule has 108 valence electrons. The molecule has 1 rings (SSSR count). The molecule has 0 unspecified atom stereocenters. The Balaban J connectivity index is 2.86. The van der Waals surface area contributed by atoms with Crippen molar-refractivity contribution in [1.29, 1.82) is 0 Å². The molecular weight excluding hydrogens is 264 g/mol. The molecule has 5 nitrogen and oxygen atoms in total. The number of ether oxygens (including phenoxy) is 1. The molecule has 0 aliphatic carbocycles. The Kier molecular flexibility index (Phi) is 5.62. The lowest BCUT2D eigenvalue weighted by Crippen LogP contribution is -2.18. The van der Waals surface area contributed by atoms with Gasteiger partial charge in [0.05, 0.1) is 18.6 Å². The molecule has 0 amide bonds. The number of hydrogen-bond donors (Lipinski definition) is 2. The van der Waals surface area contributed by atoms with Gasteiger partial charge in [-0.3, -0.25) is 4.72 Å². The van der Waals surface area contributed by atoms with Crippen LogP contribution in [-0.4, -0.2) is 21.3 Å².